The summed E-state index contributed by atoms with van der Waals surface area (Å²) in [6.45, 7) is 2.01. The highest BCUT2D eigenvalue weighted by atomic mass is 32.1. The molecule has 23 heavy (non-hydrogen) atoms. The van der Waals surface area contributed by atoms with Crippen LogP contribution in [0.1, 0.15) is 16.1 Å². The fourth-order valence-electron chi connectivity index (χ4n) is 1.96. The predicted molar refractivity (Wildman–Crippen MR) is 87.4 cm³/mol. The molecule has 2 heterocycles. The summed E-state index contributed by atoms with van der Waals surface area (Å²) >= 11 is 1.41. The SMILES string of the molecule is COc1cc(C(=O)Nc2nc3ccc(C)cc3s2)nc(OC)n1. The molecule has 0 saturated heterocycles. The molecule has 1 aromatic carbocycles. The van der Waals surface area contributed by atoms with Gasteiger partial charge in [0.15, 0.2) is 5.13 Å². The number of hydrogen-bond acceptors (Lipinski definition) is 7. The monoisotopic (exact) mass is 330 g/mol. The van der Waals surface area contributed by atoms with Crippen molar-refractivity contribution < 1.29 is 14.3 Å². The lowest BCUT2D eigenvalue weighted by atomic mass is 10.2. The number of anilines is 1. The minimum absolute atomic E-state index is 0.0643. The summed E-state index contributed by atoms with van der Waals surface area (Å²) in [5.74, 6) is -0.151. The Morgan fingerprint density at radius 3 is 2.70 bits per heavy atom. The van der Waals surface area contributed by atoms with Crippen LogP contribution in [-0.4, -0.2) is 35.1 Å². The summed E-state index contributed by atoms with van der Waals surface area (Å²) in [5.41, 5.74) is 2.13. The quantitative estimate of drug-likeness (QED) is 0.791. The van der Waals surface area contributed by atoms with Crippen molar-refractivity contribution in [2.24, 2.45) is 0 Å². The van der Waals surface area contributed by atoms with E-state index < -0.39 is 5.91 Å². The number of nitrogens with zero attached hydrogens (tertiary/aromatic N) is 3. The average Bonchev–Trinajstić information content (AvgIpc) is 2.95. The number of fused-ring (bicyclic) bond motifs is 1. The van der Waals surface area contributed by atoms with Gasteiger partial charge in [0.1, 0.15) is 5.69 Å². The second-order valence-electron chi connectivity index (χ2n) is 4.73. The molecule has 8 heteroatoms. The summed E-state index contributed by atoms with van der Waals surface area (Å²) in [7, 11) is 2.88. The van der Waals surface area contributed by atoms with Gasteiger partial charge in [-0.1, -0.05) is 17.4 Å². The number of nitrogens with one attached hydrogen (secondary N) is 1. The second kappa shape index (κ2) is 6.17. The normalized spacial score (nSPS) is 10.6. The highest BCUT2D eigenvalue weighted by Gasteiger charge is 2.15. The molecular weight excluding hydrogens is 316 g/mol. The number of rotatable bonds is 4. The zero-order valence-electron chi connectivity index (χ0n) is 12.8. The number of thiazole rings is 1. The number of amides is 1. The number of methoxy groups -OCH3 is 2. The van der Waals surface area contributed by atoms with Gasteiger partial charge in [-0.25, -0.2) is 4.98 Å². The maximum Gasteiger partial charge on any atom is 0.320 e. The number of hydrogen-bond donors (Lipinski definition) is 1. The molecule has 1 N–H and O–H groups in total. The van der Waals surface area contributed by atoms with Gasteiger partial charge in [-0.3, -0.25) is 10.1 Å². The van der Waals surface area contributed by atoms with Gasteiger partial charge < -0.3 is 9.47 Å². The van der Waals surface area contributed by atoms with E-state index in [2.05, 4.69) is 20.3 Å². The lowest BCUT2D eigenvalue weighted by Gasteiger charge is -2.05. The van der Waals surface area contributed by atoms with Crippen LogP contribution in [0, 0.1) is 6.92 Å². The smallest absolute Gasteiger partial charge is 0.320 e. The van der Waals surface area contributed by atoms with Gasteiger partial charge in [-0.15, -0.1) is 0 Å². The number of aryl methyl sites for hydroxylation is 1. The van der Waals surface area contributed by atoms with Crippen LogP contribution in [0.4, 0.5) is 5.13 Å². The van der Waals surface area contributed by atoms with Gasteiger partial charge in [0.05, 0.1) is 24.4 Å². The van der Waals surface area contributed by atoms with Crippen LogP contribution >= 0.6 is 11.3 Å². The van der Waals surface area contributed by atoms with Crippen LogP contribution in [0.3, 0.4) is 0 Å². The third kappa shape index (κ3) is 3.21. The number of ether oxygens (including phenoxy) is 2. The maximum absolute atomic E-state index is 12.3. The van der Waals surface area contributed by atoms with Gasteiger partial charge in [0, 0.05) is 6.07 Å². The van der Waals surface area contributed by atoms with Crippen molar-refractivity contribution in [2.45, 2.75) is 6.92 Å². The van der Waals surface area contributed by atoms with E-state index in [1.54, 1.807) is 0 Å². The van der Waals surface area contributed by atoms with E-state index in [1.807, 2.05) is 25.1 Å². The van der Waals surface area contributed by atoms with Crippen molar-refractivity contribution in [3.63, 3.8) is 0 Å². The summed E-state index contributed by atoms with van der Waals surface area (Å²) < 4.78 is 11.0. The summed E-state index contributed by atoms with van der Waals surface area (Å²) in [4.78, 5) is 24.7. The molecule has 0 saturated carbocycles. The molecule has 0 atom stereocenters. The molecule has 118 valence electrons. The molecule has 0 aliphatic rings. The standard InChI is InChI=1S/C15H14N4O3S/c1-8-4-5-9-11(6-8)23-15(17-9)19-13(20)10-7-12(21-2)18-14(16-10)22-3/h4-7H,1-3H3,(H,17,19,20). The molecule has 0 unspecified atom stereocenters. The van der Waals surface area contributed by atoms with E-state index >= 15 is 0 Å². The zero-order valence-corrected chi connectivity index (χ0v) is 13.6. The van der Waals surface area contributed by atoms with Crippen LogP contribution in [0.15, 0.2) is 24.3 Å². The fraction of sp³-hybridized carbons (Fsp3) is 0.200. The first-order valence-electron chi connectivity index (χ1n) is 6.74. The first-order valence-corrected chi connectivity index (χ1v) is 7.56. The van der Waals surface area contributed by atoms with Gasteiger partial charge in [-0.2, -0.15) is 9.97 Å². The molecule has 0 aliphatic heterocycles. The van der Waals surface area contributed by atoms with Crippen molar-refractivity contribution in [1.29, 1.82) is 0 Å². The van der Waals surface area contributed by atoms with E-state index in [0.717, 1.165) is 15.8 Å². The molecule has 0 aliphatic carbocycles. The van der Waals surface area contributed by atoms with Crippen LogP contribution < -0.4 is 14.8 Å². The molecule has 0 spiro atoms. The Morgan fingerprint density at radius 1 is 1.13 bits per heavy atom. The molecule has 0 bridgehead atoms. The molecule has 2 aromatic heterocycles. The Bertz CT molecular complexity index is 856. The Balaban J connectivity index is 1.88. The van der Waals surface area contributed by atoms with E-state index in [9.17, 15) is 4.79 Å². The van der Waals surface area contributed by atoms with Crippen molar-refractivity contribution in [1.82, 2.24) is 15.0 Å². The average molecular weight is 330 g/mol. The van der Waals surface area contributed by atoms with Gasteiger partial charge >= 0.3 is 6.01 Å². The lowest BCUT2D eigenvalue weighted by molar-refractivity contribution is 0.102. The number of aromatic nitrogens is 3. The summed E-state index contributed by atoms with van der Waals surface area (Å²) in [5, 5.41) is 3.24. The Labute approximate surface area is 136 Å². The Morgan fingerprint density at radius 2 is 1.96 bits per heavy atom. The third-order valence-corrected chi connectivity index (χ3v) is 4.00. The van der Waals surface area contributed by atoms with E-state index in [1.165, 1.54) is 31.6 Å². The van der Waals surface area contributed by atoms with Crippen molar-refractivity contribution in [3.8, 4) is 11.9 Å². The predicted octanol–water partition coefficient (Wildman–Crippen LogP) is 2.66. The topological polar surface area (TPSA) is 86.2 Å². The van der Waals surface area contributed by atoms with Crippen LogP contribution in [0.25, 0.3) is 10.2 Å². The lowest BCUT2D eigenvalue weighted by Crippen LogP contribution is -2.14. The third-order valence-electron chi connectivity index (χ3n) is 3.07. The Kier molecular flexibility index (Phi) is 4.07. The number of carbonyl (C=O) groups excluding carboxylic acids is 1. The molecule has 3 rings (SSSR count). The van der Waals surface area contributed by atoms with E-state index in [0.29, 0.717) is 5.13 Å². The summed E-state index contributed by atoms with van der Waals surface area (Å²) in [6.07, 6.45) is 0. The van der Waals surface area contributed by atoms with Gasteiger partial charge in [-0.05, 0) is 24.6 Å². The number of carbonyl (C=O) groups is 1. The molecule has 3 aromatic rings. The largest absolute Gasteiger partial charge is 0.481 e. The van der Waals surface area contributed by atoms with Crippen molar-refractivity contribution in [3.05, 3.63) is 35.5 Å². The fourth-order valence-corrected chi connectivity index (χ4v) is 2.92. The molecular formula is C15H14N4O3S. The minimum Gasteiger partial charge on any atom is -0.481 e. The first-order chi connectivity index (χ1) is 11.1. The molecule has 7 nitrogen and oxygen atoms in total. The Hall–Kier alpha value is -2.74. The number of benzene rings is 1. The molecule has 1 amide bonds. The van der Waals surface area contributed by atoms with Crippen LogP contribution in [0.5, 0.6) is 11.9 Å². The minimum atomic E-state index is -0.403. The first kappa shape index (κ1) is 15.2. The van der Waals surface area contributed by atoms with Crippen molar-refractivity contribution >= 4 is 32.6 Å². The highest BCUT2D eigenvalue weighted by molar-refractivity contribution is 7.22. The molecule has 0 radical (unpaired) electrons. The summed E-state index contributed by atoms with van der Waals surface area (Å²) in [6, 6.07) is 7.44. The van der Waals surface area contributed by atoms with E-state index in [-0.39, 0.29) is 17.6 Å². The van der Waals surface area contributed by atoms with Crippen LogP contribution in [0.2, 0.25) is 0 Å². The zero-order chi connectivity index (χ0) is 16.4. The molecule has 0 fully saturated rings. The van der Waals surface area contributed by atoms with Crippen molar-refractivity contribution in [2.75, 3.05) is 19.5 Å². The maximum atomic E-state index is 12.3. The highest BCUT2D eigenvalue weighted by Crippen LogP contribution is 2.27. The van der Waals surface area contributed by atoms with E-state index in [4.69, 9.17) is 9.47 Å². The van der Waals surface area contributed by atoms with Gasteiger partial charge in [0.25, 0.3) is 5.91 Å². The van der Waals surface area contributed by atoms with Crippen LogP contribution in [-0.2, 0) is 0 Å². The second-order valence-corrected chi connectivity index (χ2v) is 5.76. The van der Waals surface area contributed by atoms with Gasteiger partial charge in [0.2, 0.25) is 5.88 Å².